The Morgan fingerprint density at radius 2 is 2.00 bits per heavy atom. The van der Waals surface area contributed by atoms with E-state index in [4.69, 9.17) is 11.6 Å². The maximum absolute atomic E-state index is 11.8. The van der Waals surface area contributed by atoms with Gasteiger partial charge in [0, 0.05) is 39.1 Å². The lowest BCUT2D eigenvalue weighted by Crippen LogP contribution is -2.44. The molecule has 1 aromatic rings. The number of pyridine rings is 1. The number of halogens is 1. The number of nitrogens with zero attached hydrogens (tertiary/aromatic N) is 4. The Morgan fingerprint density at radius 3 is 2.55 bits per heavy atom. The van der Waals surface area contributed by atoms with Crippen LogP contribution < -0.4 is 9.80 Å². The summed E-state index contributed by atoms with van der Waals surface area (Å²) >= 11 is 6.02. The van der Waals surface area contributed by atoms with Crippen LogP contribution in [0.25, 0.3) is 0 Å². The van der Waals surface area contributed by atoms with Gasteiger partial charge in [0.25, 0.3) is 0 Å². The lowest BCUT2D eigenvalue weighted by Gasteiger charge is -2.33. The summed E-state index contributed by atoms with van der Waals surface area (Å²) in [4.78, 5) is 22.5. The third-order valence-electron chi connectivity index (χ3n) is 3.96. The molecule has 0 aromatic carbocycles. The number of hydrogen-bond acceptors (Lipinski definition) is 4. The summed E-state index contributed by atoms with van der Waals surface area (Å²) < 4.78 is 0. The first kappa shape index (κ1) is 13.6. The second-order valence-corrected chi connectivity index (χ2v) is 6.09. The van der Waals surface area contributed by atoms with Crippen molar-refractivity contribution in [1.82, 2.24) is 9.88 Å². The first-order valence-corrected chi connectivity index (χ1v) is 7.41. The molecule has 3 heterocycles. The van der Waals surface area contributed by atoms with Crippen LogP contribution in [0.4, 0.5) is 11.5 Å². The predicted molar refractivity (Wildman–Crippen MR) is 80.6 cm³/mol. The summed E-state index contributed by atoms with van der Waals surface area (Å²) in [5.74, 6) is 0.765. The van der Waals surface area contributed by atoms with Crippen LogP contribution >= 0.6 is 11.6 Å². The summed E-state index contributed by atoms with van der Waals surface area (Å²) in [6.45, 7) is 4.73. The molecule has 2 saturated heterocycles. The second kappa shape index (κ2) is 5.58. The summed E-state index contributed by atoms with van der Waals surface area (Å²) in [7, 11) is 2.14. The highest BCUT2D eigenvalue weighted by molar-refractivity contribution is 6.24. The van der Waals surface area contributed by atoms with E-state index < -0.39 is 0 Å². The van der Waals surface area contributed by atoms with Crippen molar-refractivity contribution in [2.24, 2.45) is 0 Å². The van der Waals surface area contributed by atoms with Crippen molar-refractivity contribution in [3.63, 3.8) is 0 Å². The van der Waals surface area contributed by atoms with Crippen LogP contribution in [0.1, 0.15) is 6.42 Å². The zero-order valence-electron chi connectivity index (χ0n) is 11.6. The molecule has 3 rings (SSSR count). The van der Waals surface area contributed by atoms with E-state index in [0.717, 1.165) is 31.9 Å². The zero-order valence-corrected chi connectivity index (χ0v) is 12.4. The van der Waals surface area contributed by atoms with Crippen molar-refractivity contribution in [3.8, 4) is 0 Å². The van der Waals surface area contributed by atoms with Crippen molar-refractivity contribution < 1.29 is 4.79 Å². The van der Waals surface area contributed by atoms with E-state index in [0.29, 0.717) is 18.8 Å². The molecule has 1 atom stereocenters. The highest BCUT2D eigenvalue weighted by Gasteiger charge is 2.29. The lowest BCUT2D eigenvalue weighted by atomic mass is 10.3. The molecule has 1 aromatic heterocycles. The molecule has 108 valence electrons. The van der Waals surface area contributed by atoms with Gasteiger partial charge >= 0.3 is 0 Å². The van der Waals surface area contributed by atoms with Crippen molar-refractivity contribution in [3.05, 3.63) is 18.3 Å². The highest BCUT2D eigenvalue weighted by atomic mass is 35.5. The molecule has 6 heteroatoms. The first-order chi connectivity index (χ1) is 9.63. The normalized spacial score (nSPS) is 24.5. The van der Waals surface area contributed by atoms with Crippen molar-refractivity contribution in [2.45, 2.75) is 11.8 Å². The Morgan fingerprint density at radius 1 is 1.25 bits per heavy atom. The Bertz CT molecular complexity index is 484. The average Bonchev–Trinajstić information content (AvgIpc) is 2.79. The van der Waals surface area contributed by atoms with E-state index in [-0.39, 0.29) is 11.3 Å². The number of rotatable bonds is 2. The third kappa shape index (κ3) is 2.74. The van der Waals surface area contributed by atoms with Gasteiger partial charge in [0.05, 0.1) is 17.3 Å². The second-order valence-electron chi connectivity index (χ2n) is 5.47. The Kier molecular flexibility index (Phi) is 3.81. The number of anilines is 2. The first-order valence-electron chi connectivity index (χ1n) is 6.97. The van der Waals surface area contributed by atoms with E-state index in [1.807, 2.05) is 18.3 Å². The van der Waals surface area contributed by atoms with E-state index in [9.17, 15) is 4.79 Å². The number of aromatic nitrogens is 1. The SMILES string of the molecule is CN1CCN(c2ccc(N3CC(Cl)CC3=O)nc2)CC1. The number of likely N-dealkylation sites (N-methyl/N-ethyl adjacent to an activating group) is 1. The number of carbonyl (C=O) groups is 1. The molecular formula is C14H19ClN4O. The molecular weight excluding hydrogens is 276 g/mol. The molecule has 1 amide bonds. The van der Waals surface area contributed by atoms with E-state index in [1.54, 1.807) is 4.90 Å². The Hall–Kier alpha value is -1.33. The minimum Gasteiger partial charge on any atom is -0.368 e. The van der Waals surface area contributed by atoms with Crippen molar-refractivity contribution >= 4 is 29.0 Å². The Balaban J connectivity index is 1.70. The zero-order chi connectivity index (χ0) is 14.1. The van der Waals surface area contributed by atoms with Crippen molar-refractivity contribution in [2.75, 3.05) is 49.6 Å². The molecule has 0 spiro atoms. The van der Waals surface area contributed by atoms with Gasteiger partial charge in [-0.25, -0.2) is 4.98 Å². The van der Waals surface area contributed by atoms with Gasteiger partial charge in [-0.3, -0.25) is 9.69 Å². The molecule has 5 nitrogen and oxygen atoms in total. The summed E-state index contributed by atoms with van der Waals surface area (Å²) in [5, 5.41) is -0.0957. The molecule has 1 unspecified atom stereocenters. The average molecular weight is 295 g/mol. The quantitative estimate of drug-likeness (QED) is 0.768. The van der Waals surface area contributed by atoms with Gasteiger partial charge in [-0.05, 0) is 19.2 Å². The van der Waals surface area contributed by atoms with Gasteiger partial charge in [0.1, 0.15) is 5.82 Å². The van der Waals surface area contributed by atoms with Gasteiger partial charge in [-0.1, -0.05) is 0 Å². The molecule has 0 N–H and O–H groups in total. The molecule has 0 saturated carbocycles. The maximum Gasteiger partial charge on any atom is 0.229 e. The van der Waals surface area contributed by atoms with Gasteiger partial charge < -0.3 is 9.80 Å². The topological polar surface area (TPSA) is 39.7 Å². The fraction of sp³-hybridized carbons (Fsp3) is 0.571. The highest BCUT2D eigenvalue weighted by Crippen LogP contribution is 2.24. The van der Waals surface area contributed by atoms with Crippen LogP contribution in [0, 0.1) is 0 Å². The van der Waals surface area contributed by atoms with Crippen LogP contribution in [0.5, 0.6) is 0 Å². The minimum atomic E-state index is -0.0957. The number of carbonyl (C=O) groups excluding carboxylic acids is 1. The molecule has 0 radical (unpaired) electrons. The fourth-order valence-corrected chi connectivity index (χ4v) is 2.95. The van der Waals surface area contributed by atoms with E-state index in [1.165, 1.54) is 0 Å². The molecule has 2 fully saturated rings. The van der Waals surface area contributed by atoms with Gasteiger partial charge in [-0.2, -0.15) is 0 Å². The molecule has 20 heavy (non-hydrogen) atoms. The maximum atomic E-state index is 11.8. The summed E-state index contributed by atoms with van der Waals surface area (Å²) in [6, 6.07) is 3.96. The number of amides is 1. The molecule has 2 aliphatic heterocycles. The van der Waals surface area contributed by atoms with Crippen LogP contribution in [-0.2, 0) is 4.79 Å². The number of hydrogen-bond donors (Lipinski definition) is 0. The predicted octanol–water partition coefficient (Wildman–Crippen LogP) is 1.18. The van der Waals surface area contributed by atoms with Gasteiger partial charge in [-0.15, -0.1) is 11.6 Å². The van der Waals surface area contributed by atoms with E-state index in [2.05, 4.69) is 21.8 Å². The molecule has 0 bridgehead atoms. The van der Waals surface area contributed by atoms with Crippen LogP contribution in [0.2, 0.25) is 0 Å². The molecule has 0 aliphatic carbocycles. The van der Waals surface area contributed by atoms with Gasteiger partial charge in [0.15, 0.2) is 0 Å². The lowest BCUT2D eigenvalue weighted by molar-refractivity contribution is -0.117. The monoisotopic (exact) mass is 294 g/mol. The minimum absolute atomic E-state index is 0.0600. The standard InChI is InChI=1S/C14H19ClN4O/c1-17-4-6-18(7-5-17)12-2-3-13(16-9-12)19-10-11(15)8-14(19)20/h2-3,9,11H,4-8,10H2,1H3. The smallest absolute Gasteiger partial charge is 0.229 e. The Labute approximate surface area is 124 Å². The summed E-state index contributed by atoms with van der Waals surface area (Å²) in [6.07, 6.45) is 2.26. The van der Waals surface area contributed by atoms with Crippen LogP contribution in [0.15, 0.2) is 18.3 Å². The van der Waals surface area contributed by atoms with E-state index >= 15 is 0 Å². The largest absolute Gasteiger partial charge is 0.368 e. The van der Waals surface area contributed by atoms with Crippen LogP contribution in [-0.4, -0.2) is 60.9 Å². The van der Waals surface area contributed by atoms with Gasteiger partial charge in [0.2, 0.25) is 5.91 Å². The van der Waals surface area contributed by atoms with Crippen molar-refractivity contribution in [1.29, 1.82) is 0 Å². The number of alkyl halides is 1. The van der Waals surface area contributed by atoms with Crippen LogP contribution in [0.3, 0.4) is 0 Å². The number of piperazine rings is 1. The summed E-state index contributed by atoms with van der Waals surface area (Å²) in [5.41, 5.74) is 1.12. The fourth-order valence-electron chi connectivity index (χ4n) is 2.68. The molecule has 2 aliphatic rings. The third-order valence-corrected chi connectivity index (χ3v) is 4.25.